The second-order valence-electron chi connectivity index (χ2n) is 6.43. The number of halogens is 2. The fourth-order valence-electron chi connectivity index (χ4n) is 3.20. The summed E-state index contributed by atoms with van der Waals surface area (Å²) in [7, 11) is 0. The molecule has 4 N–H and O–H groups in total. The van der Waals surface area contributed by atoms with E-state index < -0.39 is 17.7 Å². The fourth-order valence-corrected chi connectivity index (χ4v) is 3.20. The lowest BCUT2D eigenvalue weighted by molar-refractivity contribution is 0.184. The molecule has 2 heterocycles. The third-order valence-corrected chi connectivity index (χ3v) is 4.46. The number of carbonyl (C=O) groups is 1. The average molecular weight is 388 g/mol. The summed E-state index contributed by atoms with van der Waals surface area (Å²) in [5.41, 5.74) is 0.195. The Balaban J connectivity index is 1.86. The first-order valence-corrected chi connectivity index (χ1v) is 8.70. The number of carboxylic acid groups (broad SMARTS) is 1. The maximum atomic E-state index is 14.5. The molecule has 0 radical (unpaired) electrons. The number of nitriles is 1. The Labute approximate surface area is 159 Å². The Morgan fingerprint density at radius 2 is 1.93 bits per heavy atom. The number of aromatic nitrogens is 2. The minimum Gasteiger partial charge on any atom is -0.465 e. The van der Waals surface area contributed by atoms with Crippen molar-refractivity contribution in [3.63, 3.8) is 0 Å². The van der Waals surface area contributed by atoms with Gasteiger partial charge in [0.1, 0.15) is 11.9 Å². The number of anilines is 3. The van der Waals surface area contributed by atoms with Crippen molar-refractivity contribution < 1.29 is 18.7 Å². The highest BCUT2D eigenvalue weighted by Gasteiger charge is 2.28. The highest BCUT2D eigenvalue weighted by Crippen LogP contribution is 2.27. The summed E-state index contributed by atoms with van der Waals surface area (Å²) < 4.78 is 27.8. The highest BCUT2D eigenvalue weighted by molar-refractivity contribution is 5.66. The molecular formula is C18H18F2N6O2. The van der Waals surface area contributed by atoms with Gasteiger partial charge in [-0.3, -0.25) is 4.98 Å². The van der Waals surface area contributed by atoms with Gasteiger partial charge in [-0.05, 0) is 18.9 Å². The van der Waals surface area contributed by atoms with Crippen LogP contribution in [-0.2, 0) is 0 Å². The Morgan fingerprint density at radius 3 is 2.61 bits per heavy atom. The standard InChI is InChI=1S/C18H18F2N6O2/c19-11-6-12(9-22-8-11)23-16-10(7-21)5-13(20)17(26-16)24-14-3-1-2-4-15(14)25-18(27)28/h5-6,8-9,14-15,25H,1-4H2,(H,27,28)(H2,23,24,26)/t14-,15+/m1/s1. The zero-order valence-corrected chi connectivity index (χ0v) is 14.7. The van der Waals surface area contributed by atoms with Gasteiger partial charge in [-0.15, -0.1) is 0 Å². The van der Waals surface area contributed by atoms with Gasteiger partial charge in [0, 0.05) is 12.1 Å². The van der Waals surface area contributed by atoms with E-state index in [0.717, 1.165) is 25.1 Å². The number of amides is 1. The van der Waals surface area contributed by atoms with Crippen LogP contribution in [0.15, 0.2) is 24.5 Å². The molecule has 1 aliphatic carbocycles. The van der Waals surface area contributed by atoms with Crippen molar-refractivity contribution in [3.8, 4) is 6.07 Å². The van der Waals surface area contributed by atoms with Crippen molar-refractivity contribution >= 4 is 23.4 Å². The van der Waals surface area contributed by atoms with E-state index in [0.29, 0.717) is 12.8 Å². The van der Waals surface area contributed by atoms with E-state index in [1.54, 1.807) is 0 Å². The molecule has 10 heteroatoms. The zero-order valence-electron chi connectivity index (χ0n) is 14.7. The van der Waals surface area contributed by atoms with Crippen LogP contribution in [0.3, 0.4) is 0 Å². The van der Waals surface area contributed by atoms with Crippen molar-refractivity contribution in [2.45, 2.75) is 37.8 Å². The first-order valence-electron chi connectivity index (χ1n) is 8.70. The van der Waals surface area contributed by atoms with Crippen LogP contribution in [-0.4, -0.2) is 33.3 Å². The Hall–Kier alpha value is -3.48. The van der Waals surface area contributed by atoms with Crippen molar-refractivity contribution in [2.75, 3.05) is 10.6 Å². The molecule has 1 saturated carbocycles. The van der Waals surface area contributed by atoms with Gasteiger partial charge in [0.15, 0.2) is 17.5 Å². The maximum absolute atomic E-state index is 14.5. The second kappa shape index (κ2) is 8.47. The largest absolute Gasteiger partial charge is 0.465 e. The molecule has 0 aromatic carbocycles. The van der Waals surface area contributed by atoms with Crippen molar-refractivity contribution in [3.05, 3.63) is 41.7 Å². The Morgan fingerprint density at radius 1 is 1.18 bits per heavy atom. The molecule has 0 spiro atoms. The van der Waals surface area contributed by atoms with Gasteiger partial charge in [-0.2, -0.15) is 5.26 Å². The van der Waals surface area contributed by atoms with Crippen molar-refractivity contribution in [1.82, 2.24) is 15.3 Å². The van der Waals surface area contributed by atoms with Crippen molar-refractivity contribution in [1.29, 1.82) is 5.26 Å². The van der Waals surface area contributed by atoms with Crippen LogP contribution in [0.4, 0.5) is 30.9 Å². The number of hydrogen-bond donors (Lipinski definition) is 4. The smallest absolute Gasteiger partial charge is 0.404 e. The van der Waals surface area contributed by atoms with Gasteiger partial charge >= 0.3 is 6.09 Å². The molecule has 1 amide bonds. The quantitative estimate of drug-likeness (QED) is 0.619. The number of rotatable bonds is 5. The van der Waals surface area contributed by atoms with Gasteiger partial charge in [0.25, 0.3) is 0 Å². The molecule has 8 nitrogen and oxygen atoms in total. The minimum atomic E-state index is -1.15. The SMILES string of the molecule is N#Cc1cc(F)c(N[C@@H]2CCCC[C@@H]2NC(=O)O)nc1Nc1cncc(F)c1. The van der Waals surface area contributed by atoms with E-state index >= 15 is 0 Å². The monoisotopic (exact) mass is 388 g/mol. The first kappa shape index (κ1) is 19.3. The summed E-state index contributed by atoms with van der Waals surface area (Å²) in [6.07, 6.45) is 4.23. The molecule has 0 bridgehead atoms. The van der Waals surface area contributed by atoms with E-state index in [1.165, 1.54) is 12.3 Å². The predicted molar refractivity (Wildman–Crippen MR) is 97.2 cm³/mol. The number of nitrogens with zero attached hydrogens (tertiary/aromatic N) is 3. The molecule has 28 heavy (non-hydrogen) atoms. The van der Waals surface area contributed by atoms with E-state index in [4.69, 9.17) is 5.11 Å². The second-order valence-corrected chi connectivity index (χ2v) is 6.43. The third kappa shape index (κ3) is 4.62. The molecule has 0 aliphatic heterocycles. The molecule has 1 aliphatic rings. The van der Waals surface area contributed by atoms with E-state index in [9.17, 15) is 18.8 Å². The molecule has 0 unspecified atom stereocenters. The summed E-state index contributed by atoms with van der Waals surface area (Å²) in [5, 5.41) is 26.4. The van der Waals surface area contributed by atoms with Crippen LogP contribution in [0.1, 0.15) is 31.2 Å². The zero-order chi connectivity index (χ0) is 20.1. The van der Waals surface area contributed by atoms with Crippen LogP contribution in [0.2, 0.25) is 0 Å². The lowest BCUT2D eigenvalue weighted by atomic mass is 9.90. The van der Waals surface area contributed by atoms with Gasteiger partial charge in [-0.25, -0.2) is 18.6 Å². The minimum absolute atomic E-state index is 0.0392. The summed E-state index contributed by atoms with van der Waals surface area (Å²) in [6, 6.07) is 3.30. The van der Waals surface area contributed by atoms with Gasteiger partial charge in [0.05, 0.1) is 29.7 Å². The Kier molecular flexibility index (Phi) is 5.84. The first-order chi connectivity index (χ1) is 13.5. The number of hydrogen-bond acceptors (Lipinski definition) is 6. The van der Waals surface area contributed by atoms with Gasteiger partial charge < -0.3 is 21.1 Å². The van der Waals surface area contributed by atoms with E-state index in [1.807, 2.05) is 6.07 Å². The number of nitrogens with one attached hydrogen (secondary N) is 3. The molecule has 146 valence electrons. The molecule has 2 aromatic rings. The van der Waals surface area contributed by atoms with Crippen LogP contribution < -0.4 is 16.0 Å². The third-order valence-electron chi connectivity index (χ3n) is 4.46. The molecule has 2 atom stereocenters. The van der Waals surface area contributed by atoms with Gasteiger partial charge in [0.2, 0.25) is 0 Å². The van der Waals surface area contributed by atoms with E-state index in [2.05, 4.69) is 25.9 Å². The average Bonchev–Trinajstić information content (AvgIpc) is 2.65. The van der Waals surface area contributed by atoms with Crippen molar-refractivity contribution in [2.24, 2.45) is 0 Å². The molecule has 0 saturated heterocycles. The maximum Gasteiger partial charge on any atom is 0.404 e. The lowest BCUT2D eigenvalue weighted by Crippen LogP contribution is -2.48. The molecular weight excluding hydrogens is 370 g/mol. The van der Waals surface area contributed by atoms with Crippen LogP contribution in [0, 0.1) is 23.0 Å². The van der Waals surface area contributed by atoms with Crippen LogP contribution in [0.5, 0.6) is 0 Å². The summed E-state index contributed by atoms with van der Waals surface area (Å²) in [5.74, 6) is -1.39. The van der Waals surface area contributed by atoms with Crippen LogP contribution in [0.25, 0.3) is 0 Å². The van der Waals surface area contributed by atoms with E-state index in [-0.39, 0.29) is 35.0 Å². The summed E-state index contributed by atoms with van der Waals surface area (Å²) >= 11 is 0. The topological polar surface area (TPSA) is 123 Å². The lowest BCUT2D eigenvalue weighted by Gasteiger charge is -2.32. The normalized spacial score (nSPS) is 18.8. The number of pyridine rings is 2. The molecule has 2 aromatic heterocycles. The summed E-state index contributed by atoms with van der Waals surface area (Å²) in [6.45, 7) is 0. The molecule has 1 fully saturated rings. The summed E-state index contributed by atoms with van der Waals surface area (Å²) in [4.78, 5) is 18.8. The molecule has 3 rings (SSSR count). The fraction of sp³-hybridized carbons (Fsp3) is 0.333. The Bertz CT molecular complexity index is 917. The van der Waals surface area contributed by atoms with Gasteiger partial charge in [-0.1, -0.05) is 12.8 Å². The predicted octanol–water partition coefficient (Wildman–Crippen LogP) is 3.36. The van der Waals surface area contributed by atoms with Crippen LogP contribution >= 0.6 is 0 Å². The highest BCUT2D eigenvalue weighted by atomic mass is 19.1.